The first-order valence-corrected chi connectivity index (χ1v) is 15.0. The zero-order valence-corrected chi connectivity index (χ0v) is 24.5. The summed E-state index contributed by atoms with van der Waals surface area (Å²) < 4.78 is 6.03. The molecular weight excluding hydrogens is 534 g/mol. The molecule has 216 valence electrons. The van der Waals surface area contributed by atoms with Gasteiger partial charge in [-0.3, -0.25) is 9.69 Å². The van der Waals surface area contributed by atoms with Crippen molar-refractivity contribution >= 4 is 10.9 Å². The summed E-state index contributed by atoms with van der Waals surface area (Å²) in [7, 11) is 0. The van der Waals surface area contributed by atoms with Crippen LogP contribution in [0.2, 0.25) is 0 Å². The van der Waals surface area contributed by atoms with Gasteiger partial charge in [0.1, 0.15) is 0 Å². The predicted octanol–water partition coefficient (Wildman–Crippen LogP) is 7.71. The van der Waals surface area contributed by atoms with Gasteiger partial charge in [-0.2, -0.15) is 0 Å². The van der Waals surface area contributed by atoms with E-state index in [0.29, 0.717) is 22.7 Å². The van der Waals surface area contributed by atoms with Gasteiger partial charge in [0.25, 0.3) is 5.56 Å². The molecule has 4 heterocycles. The third-order valence-corrected chi connectivity index (χ3v) is 7.87. The molecule has 1 aliphatic rings. The Morgan fingerprint density at radius 3 is 2.19 bits per heavy atom. The summed E-state index contributed by atoms with van der Waals surface area (Å²) in [6.07, 6.45) is 3.64. The first-order valence-electron chi connectivity index (χ1n) is 15.0. The maximum absolute atomic E-state index is 12.5. The molecule has 1 saturated heterocycles. The van der Waals surface area contributed by atoms with Gasteiger partial charge in [-0.25, -0.2) is 4.98 Å². The van der Waals surface area contributed by atoms with Crippen molar-refractivity contribution in [2.45, 2.75) is 39.2 Å². The summed E-state index contributed by atoms with van der Waals surface area (Å²) in [5, 5.41) is 9.22. The number of fused-ring (bicyclic) bond motifs is 1. The van der Waals surface area contributed by atoms with Crippen LogP contribution < -0.4 is 5.56 Å². The van der Waals surface area contributed by atoms with Crippen LogP contribution in [-0.2, 0) is 6.54 Å². The maximum Gasteiger partial charge on any atom is 0.257 e. The Morgan fingerprint density at radius 2 is 1.49 bits per heavy atom. The van der Waals surface area contributed by atoms with Crippen LogP contribution >= 0.6 is 0 Å². The number of nitrogens with one attached hydrogen (secondary N) is 1. The maximum atomic E-state index is 12.5. The molecule has 0 saturated carbocycles. The smallest absolute Gasteiger partial charge is 0.257 e. The minimum absolute atomic E-state index is 0.131. The van der Waals surface area contributed by atoms with Gasteiger partial charge in [0.2, 0.25) is 11.8 Å². The van der Waals surface area contributed by atoms with E-state index in [1.54, 1.807) is 6.20 Å². The molecule has 0 atom stereocenters. The molecule has 3 aromatic heterocycles. The van der Waals surface area contributed by atoms with Gasteiger partial charge >= 0.3 is 0 Å². The molecular formula is C36H35N5O2. The third kappa shape index (κ3) is 6.17. The van der Waals surface area contributed by atoms with Crippen molar-refractivity contribution in [1.82, 2.24) is 25.1 Å². The second-order valence-corrected chi connectivity index (χ2v) is 10.5. The lowest BCUT2D eigenvalue weighted by Gasteiger charge is -2.30. The molecule has 0 amide bonds. The van der Waals surface area contributed by atoms with Crippen molar-refractivity contribution in [1.29, 1.82) is 0 Å². The number of H-pyrrole nitrogens is 1. The highest BCUT2D eigenvalue weighted by atomic mass is 16.4. The Bertz CT molecular complexity index is 1840. The number of nitrogens with zero attached hydrogens (tertiary/aromatic N) is 4. The van der Waals surface area contributed by atoms with E-state index in [1.807, 2.05) is 74.5 Å². The van der Waals surface area contributed by atoms with E-state index in [0.717, 1.165) is 66.3 Å². The highest BCUT2D eigenvalue weighted by Crippen LogP contribution is 2.33. The average molecular weight is 570 g/mol. The fraction of sp³-hybridized carbons (Fsp3) is 0.222. The SMILES string of the molecule is CC.O=c1[nH]ccc2nc(-c3ccc(CN4CCC(c5nnc(-c6ccccc6)o5)CC4)cc3)c(-c3ccccc3)cc12. The number of aromatic nitrogens is 4. The average Bonchev–Trinajstić information content (AvgIpc) is 3.58. The number of likely N-dealkylation sites (tertiary alicyclic amines) is 1. The van der Waals surface area contributed by atoms with Crippen LogP contribution in [0.5, 0.6) is 0 Å². The Labute approximate surface area is 251 Å². The first-order chi connectivity index (χ1) is 21.2. The molecule has 7 nitrogen and oxygen atoms in total. The number of hydrogen-bond acceptors (Lipinski definition) is 6. The normalized spacial score (nSPS) is 13.9. The fourth-order valence-electron chi connectivity index (χ4n) is 5.63. The van der Waals surface area contributed by atoms with Crippen LogP contribution in [0, 0.1) is 0 Å². The van der Waals surface area contributed by atoms with E-state index in [4.69, 9.17) is 9.40 Å². The van der Waals surface area contributed by atoms with Crippen LogP contribution in [0.4, 0.5) is 0 Å². The molecule has 3 aromatic carbocycles. The molecule has 0 bridgehead atoms. The third-order valence-electron chi connectivity index (χ3n) is 7.87. The zero-order valence-electron chi connectivity index (χ0n) is 24.5. The van der Waals surface area contributed by atoms with Crippen molar-refractivity contribution in [2.24, 2.45) is 0 Å². The van der Waals surface area contributed by atoms with Crippen molar-refractivity contribution in [3.8, 4) is 33.8 Å². The molecule has 1 N–H and O–H groups in total. The number of piperidine rings is 1. The summed E-state index contributed by atoms with van der Waals surface area (Å²) in [5.41, 5.74) is 6.65. The molecule has 6 aromatic rings. The summed E-state index contributed by atoms with van der Waals surface area (Å²) in [5.74, 6) is 1.62. The van der Waals surface area contributed by atoms with Crippen LogP contribution in [0.15, 0.2) is 112 Å². The van der Waals surface area contributed by atoms with E-state index in [2.05, 4.69) is 56.5 Å². The standard InChI is InChI=1S/C34H29N5O2.C2H6/c40-32-29-21-28(24-7-3-1-4-8-24)31(36-30(29)15-18-35-32)25-13-11-23(12-14-25)22-39-19-16-27(17-20-39)34-38-37-33(41-34)26-9-5-2-6-10-26;1-2/h1-15,18,21,27H,16-17,19-20,22H2,(H,35,40);1-2H3. The topological polar surface area (TPSA) is 87.9 Å². The van der Waals surface area contributed by atoms with Gasteiger partial charge in [-0.1, -0.05) is 86.6 Å². The largest absolute Gasteiger partial charge is 0.420 e. The van der Waals surface area contributed by atoms with Gasteiger partial charge in [0.05, 0.1) is 16.6 Å². The van der Waals surface area contributed by atoms with Crippen LogP contribution in [0.1, 0.15) is 44.1 Å². The van der Waals surface area contributed by atoms with Gasteiger partial charge < -0.3 is 9.40 Å². The summed E-state index contributed by atoms with van der Waals surface area (Å²) in [4.78, 5) is 22.7. The Kier molecular flexibility index (Phi) is 8.52. The molecule has 0 spiro atoms. The molecule has 43 heavy (non-hydrogen) atoms. The van der Waals surface area contributed by atoms with Gasteiger partial charge in [0.15, 0.2) is 0 Å². The first kappa shape index (κ1) is 28.2. The predicted molar refractivity (Wildman–Crippen MR) is 172 cm³/mol. The monoisotopic (exact) mass is 569 g/mol. The van der Waals surface area contributed by atoms with E-state index in [9.17, 15) is 4.79 Å². The second kappa shape index (κ2) is 13.0. The zero-order chi connectivity index (χ0) is 29.6. The highest BCUT2D eigenvalue weighted by molar-refractivity contribution is 5.91. The molecule has 0 unspecified atom stereocenters. The molecule has 0 aliphatic carbocycles. The molecule has 1 aliphatic heterocycles. The van der Waals surface area contributed by atoms with Crippen molar-refractivity contribution in [2.75, 3.05) is 13.1 Å². The summed E-state index contributed by atoms with van der Waals surface area (Å²) in [6.45, 7) is 6.85. The van der Waals surface area contributed by atoms with Gasteiger partial charge in [-0.05, 0) is 61.3 Å². The number of hydrogen-bond donors (Lipinski definition) is 1. The molecule has 7 rings (SSSR count). The second-order valence-electron chi connectivity index (χ2n) is 10.5. The molecule has 0 radical (unpaired) electrons. The van der Waals surface area contributed by atoms with Crippen LogP contribution in [0.3, 0.4) is 0 Å². The van der Waals surface area contributed by atoms with E-state index < -0.39 is 0 Å². The van der Waals surface area contributed by atoms with E-state index in [-0.39, 0.29) is 5.56 Å². The lowest BCUT2D eigenvalue weighted by Crippen LogP contribution is -2.32. The van der Waals surface area contributed by atoms with E-state index in [1.165, 1.54) is 5.56 Å². The number of benzene rings is 3. The molecule has 1 fully saturated rings. The minimum Gasteiger partial charge on any atom is -0.420 e. The lowest BCUT2D eigenvalue weighted by molar-refractivity contribution is 0.193. The van der Waals surface area contributed by atoms with Gasteiger partial charge in [0, 0.05) is 35.3 Å². The van der Waals surface area contributed by atoms with Crippen LogP contribution in [0.25, 0.3) is 44.7 Å². The van der Waals surface area contributed by atoms with Crippen LogP contribution in [-0.4, -0.2) is 38.2 Å². The number of pyridine rings is 2. The van der Waals surface area contributed by atoms with Crippen molar-refractivity contribution in [3.63, 3.8) is 0 Å². The summed E-state index contributed by atoms with van der Waals surface area (Å²) in [6, 6.07) is 32.5. The van der Waals surface area contributed by atoms with Crippen molar-refractivity contribution in [3.05, 3.63) is 125 Å². The lowest BCUT2D eigenvalue weighted by atomic mass is 9.95. The molecule has 7 heteroatoms. The fourth-order valence-corrected chi connectivity index (χ4v) is 5.63. The highest BCUT2D eigenvalue weighted by Gasteiger charge is 2.25. The van der Waals surface area contributed by atoms with Crippen molar-refractivity contribution < 1.29 is 4.42 Å². The Hall–Kier alpha value is -4.88. The Balaban J connectivity index is 0.00000161. The summed E-state index contributed by atoms with van der Waals surface area (Å²) >= 11 is 0. The minimum atomic E-state index is -0.131. The Morgan fingerprint density at radius 1 is 0.814 bits per heavy atom. The van der Waals surface area contributed by atoms with E-state index >= 15 is 0 Å². The number of rotatable bonds is 6. The van der Waals surface area contributed by atoms with Gasteiger partial charge in [-0.15, -0.1) is 10.2 Å². The number of aromatic amines is 1. The quantitative estimate of drug-likeness (QED) is 0.221.